The highest BCUT2D eigenvalue weighted by Crippen LogP contribution is 2.54. The number of aromatic nitrogens is 1. The van der Waals surface area contributed by atoms with E-state index in [9.17, 15) is 0 Å². The van der Waals surface area contributed by atoms with Crippen LogP contribution in [0, 0.1) is 0 Å². The largest absolute Gasteiger partial charge is 0.309 e. The minimum Gasteiger partial charge on any atom is -0.309 e. The fourth-order valence-electron chi connectivity index (χ4n) is 5.43. The predicted octanol–water partition coefficient (Wildman–Crippen LogP) is 6.67. The van der Waals surface area contributed by atoms with Crippen LogP contribution in [-0.4, -0.2) is 4.98 Å². The normalized spacial score (nSPS) is 13.6. The van der Waals surface area contributed by atoms with Gasteiger partial charge in [-0.25, -0.2) is 0 Å². The summed E-state index contributed by atoms with van der Waals surface area (Å²) in [4.78, 5) is 4.88. The smallest absolute Gasteiger partial charge is 0.172 e. The second-order valence-corrected chi connectivity index (χ2v) is 11.4. The predicted molar refractivity (Wildman–Crippen MR) is 143 cm³/mol. The minimum atomic E-state index is -3.13. The van der Waals surface area contributed by atoms with Crippen LogP contribution in [0.25, 0.3) is 43.9 Å². The number of benzene rings is 5. The van der Waals surface area contributed by atoms with E-state index in [-0.39, 0.29) is 0 Å². The number of fused-ring (bicyclic) bond motifs is 5. The molecule has 0 aliphatic carbocycles. The summed E-state index contributed by atoms with van der Waals surface area (Å²) in [5.74, 6) is 0. The van der Waals surface area contributed by atoms with Gasteiger partial charge in [0.15, 0.2) is 7.14 Å². The van der Waals surface area contributed by atoms with Gasteiger partial charge < -0.3 is 4.57 Å². The molecule has 0 radical (unpaired) electrons. The lowest BCUT2D eigenvalue weighted by Gasteiger charge is -2.21. The highest BCUT2D eigenvalue weighted by atomic mass is 31.2. The van der Waals surface area contributed by atoms with E-state index < -0.39 is 7.14 Å². The van der Waals surface area contributed by atoms with Crippen LogP contribution in [0.2, 0.25) is 0 Å². The van der Waals surface area contributed by atoms with Crippen molar-refractivity contribution >= 4 is 44.6 Å². The highest BCUT2D eigenvalue weighted by molar-refractivity contribution is 7.86. The fraction of sp³-hybridized carbons (Fsp3) is 0. The Hall–Kier alpha value is -4.00. The molecular formula is C31H20NOP. The van der Waals surface area contributed by atoms with Crippen molar-refractivity contribution in [3.8, 4) is 22.4 Å². The van der Waals surface area contributed by atoms with Crippen LogP contribution in [0.4, 0.5) is 0 Å². The summed E-state index contributed by atoms with van der Waals surface area (Å²) in [6.45, 7) is 0. The maximum Gasteiger partial charge on any atom is 0.172 e. The van der Waals surface area contributed by atoms with Crippen molar-refractivity contribution in [3.63, 3.8) is 0 Å². The number of pyridine rings is 1. The maximum absolute atomic E-state index is 15.4. The lowest BCUT2D eigenvalue weighted by molar-refractivity contribution is 0.593. The van der Waals surface area contributed by atoms with Crippen LogP contribution in [0.5, 0.6) is 0 Å². The molecule has 0 N–H and O–H groups in total. The van der Waals surface area contributed by atoms with E-state index in [0.29, 0.717) is 0 Å². The lowest BCUT2D eigenvalue weighted by atomic mass is 9.98. The summed E-state index contributed by atoms with van der Waals surface area (Å²) in [6.07, 6.45) is 1.86. The SMILES string of the molecule is O=P1(c2ccc3ccccc3c2-c2nccc3ccccc23)c2ccccc2-c2ccccc21. The van der Waals surface area contributed by atoms with Crippen LogP contribution in [0.3, 0.4) is 0 Å². The van der Waals surface area contributed by atoms with E-state index in [1.807, 2.05) is 72.9 Å². The van der Waals surface area contributed by atoms with Gasteiger partial charge in [-0.05, 0) is 39.4 Å². The highest BCUT2D eigenvalue weighted by Gasteiger charge is 2.41. The van der Waals surface area contributed by atoms with Crippen molar-refractivity contribution in [2.75, 3.05) is 0 Å². The molecule has 1 aliphatic rings. The Bertz CT molecular complexity index is 1750. The Labute approximate surface area is 197 Å². The topological polar surface area (TPSA) is 30.0 Å². The summed E-state index contributed by atoms with van der Waals surface area (Å²) in [5, 5.41) is 7.05. The molecule has 3 heteroatoms. The molecule has 1 aliphatic heterocycles. The molecule has 6 aromatic rings. The molecule has 7 rings (SSSR count). The molecule has 0 saturated heterocycles. The molecule has 0 spiro atoms. The lowest BCUT2D eigenvalue weighted by Crippen LogP contribution is -2.23. The molecule has 0 saturated carbocycles. The second-order valence-electron chi connectivity index (χ2n) is 8.71. The van der Waals surface area contributed by atoms with E-state index in [0.717, 1.165) is 59.8 Å². The van der Waals surface area contributed by atoms with Crippen LogP contribution in [0.15, 0.2) is 121 Å². The zero-order valence-electron chi connectivity index (χ0n) is 18.3. The Morgan fingerprint density at radius 2 is 1.06 bits per heavy atom. The van der Waals surface area contributed by atoms with Crippen LogP contribution < -0.4 is 15.9 Å². The number of rotatable bonds is 2. The average Bonchev–Trinajstić information content (AvgIpc) is 3.17. The quantitative estimate of drug-likeness (QED) is 0.274. The number of hydrogen-bond donors (Lipinski definition) is 0. The van der Waals surface area contributed by atoms with Crippen LogP contribution in [0.1, 0.15) is 0 Å². The molecular weight excluding hydrogens is 433 g/mol. The first-order chi connectivity index (χ1) is 16.8. The molecule has 0 unspecified atom stereocenters. The molecule has 0 fully saturated rings. The van der Waals surface area contributed by atoms with Gasteiger partial charge in [-0.3, -0.25) is 4.98 Å². The van der Waals surface area contributed by atoms with Crippen molar-refractivity contribution in [1.82, 2.24) is 4.98 Å². The van der Waals surface area contributed by atoms with E-state index in [1.54, 1.807) is 0 Å². The molecule has 0 atom stereocenters. The van der Waals surface area contributed by atoms with Gasteiger partial charge in [0, 0.05) is 33.1 Å². The summed E-state index contributed by atoms with van der Waals surface area (Å²) < 4.78 is 15.4. The van der Waals surface area contributed by atoms with E-state index >= 15 is 4.57 Å². The average molecular weight is 453 g/mol. The van der Waals surface area contributed by atoms with Crippen molar-refractivity contribution in [2.45, 2.75) is 0 Å². The Kier molecular flexibility index (Phi) is 4.15. The Morgan fingerprint density at radius 1 is 0.500 bits per heavy atom. The minimum absolute atomic E-state index is 0.854. The third-order valence-electron chi connectivity index (χ3n) is 6.93. The monoisotopic (exact) mass is 453 g/mol. The molecule has 34 heavy (non-hydrogen) atoms. The summed E-state index contributed by atoms with van der Waals surface area (Å²) in [7, 11) is -3.13. The van der Waals surface area contributed by atoms with Gasteiger partial charge in [0.25, 0.3) is 0 Å². The van der Waals surface area contributed by atoms with Gasteiger partial charge in [0.1, 0.15) is 0 Å². The molecule has 2 nitrogen and oxygen atoms in total. The first-order valence-corrected chi connectivity index (χ1v) is 13.1. The summed E-state index contributed by atoms with van der Waals surface area (Å²) in [6, 6.07) is 39.1. The van der Waals surface area contributed by atoms with Gasteiger partial charge in [-0.15, -0.1) is 0 Å². The van der Waals surface area contributed by atoms with Gasteiger partial charge in [0.05, 0.1) is 5.69 Å². The summed E-state index contributed by atoms with van der Waals surface area (Å²) >= 11 is 0. The third-order valence-corrected chi connectivity index (χ3v) is 10.1. The zero-order valence-corrected chi connectivity index (χ0v) is 19.2. The van der Waals surface area contributed by atoms with E-state index in [4.69, 9.17) is 4.98 Å². The van der Waals surface area contributed by atoms with Gasteiger partial charge in [-0.1, -0.05) is 103 Å². The zero-order chi connectivity index (χ0) is 22.7. The standard InChI is InChI=1S/C31H20NOP/c33-34(27-15-7-5-13-25(27)26-14-6-8-16-28(26)34)29-18-17-21-9-1-3-11-23(21)30(29)31-24-12-4-2-10-22(24)19-20-32-31/h1-20H. The van der Waals surface area contributed by atoms with Crippen molar-refractivity contribution < 1.29 is 4.57 Å². The van der Waals surface area contributed by atoms with Gasteiger partial charge in [-0.2, -0.15) is 0 Å². The third kappa shape index (κ3) is 2.58. The Morgan fingerprint density at radius 3 is 1.76 bits per heavy atom. The number of nitrogens with zero attached hydrogens (tertiary/aromatic N) is 1. The molecule has 160 valence electrons. The first kappa shape index (κ1) is 19.5. The molecule has 2 heterocycles. The van der Waals surface area contributed by atoms with Crippen LogP contribution in [-0.2, 0) is 4.57 Å². The molecule has 5 aromatic carbocycles. The molecule has 0 bridgehead atoms. The molecule has 1 aromatic heterocycles. The fourth-order valence-corrected chi connectivity index (χ4v) is 8.70. The molecule has 0 amide bonds. The van der Waals surface area contributed by atoms with Crippen molar-refractivity contribution in [1.29, 1.82) is 0 Å². The number of hydrogen-bond acceptors (Lipinski definition) is 2. The maximum atomic E-state index is 15.4. The van der Waals surface area contributed by atoms with Gasteiger partial charge >= 0.3 is 0 Å². The first-order valence-electron chi connectivity index (χ1n) is 11.4. The van der Waals surface area contributed by atoms with E-state index in [2.05, 4.69) is 48.5 Å². The summed E-state index contributed by atoms with van der Waals surface area (Å²) in [5.41, 5.74) is 3.96. The van der Waals surface area contributed by atoms with Gasteiger partial charge in [0.2, 0.25) is 0 Å². The van der Waals surface area contributed by atoms with Crippen molar-refractivity contribution in [3.05, 3.63) is 121 Å². The van der Waals surface area contributed by atoms with Crippen molar-refractivity contribution in [2.24, 2.45) is 0 Å². The van der Waals surface area contributed by atoms with Crippen LogP contribution >= 0.6 is 7.14 Å². The second kappa shape index (κ2) is 7.25. The Balaban J connectivity index is 1.67. The van der Waals surface area contributed by atoms with E-state index in [1.165, 1.54) is 0 Å².